The van der Waals surface area contributed by atoms with Crippen LogP contribution >= 0.6 is 11.6 Å². The van der Waals surface area contributed by atoms with Crippen LogP contribution in [0.5, 0.6) is 0 Å². The number of amides is 2. The first-order valence-corrected chi connectivity index (χ1v) is 15.3. The van der Waals surface area contributed by atoms with E-state index in [1.165, 1.54) is 0 Å². The van der Waals surface area contributed by atoms with E-state index in [1.54, 1.807) is 18.5 Å². The highest BCUT2D eigenvalue weighted by Gasteiger charge is 2.34. The van der Waals surface area contributed by atoms with E-state index >= 15 is 0 Å². The monoisotopic (exact) mass is 583 g/mol. The Morgan fingerprint density at radius 3 is 2.37 bits per heavy atom. The molecule has 2 amide bonds. The number of hydrogen-bond acceptors (Lipinski definition) is 7. The zero-order valence-electron chi connectivity index (χ0n) is 24.7. The number of piperidine rings is 1. The van der Waals surface area contributed by atoms with Gasteiger partial charge in [-0.1, -0.05) is 43.6 Å². The summed E-state index contributed by atoms with van der Waals surface area (Å²) >= 11 is 6.09. The van der Waals surface area contributed by atoms with Gasteiger partial charge >= 0.3 is 0 Å². The number of piperazine rings is 1. The molecule has 0 spiro atoms. The summed E-state index contributed by atoms with van der Waals surface area (Å²) in [6, 6.07) is 10.3. The number of pyridine rings is 1. The predicted octanol–water partition coefficient (Wildman–Crippen LogP) is 2.96. The molecule has 3 N–H and O–H groups in total. The Morgan fingerprint density at radius 1 is 1.07 bits per heavy atom. The van der Waals surface area contributed by atoms with Crippen LogP contribution in [0.15, 0.2) is 48.8 Å². The van der Waals surface area contributed by atoms with Gasteiger partial charge in [0.25, 0.3) is 0 Å². The molecule has 0 saturated carbocycles. The Labute approximate surface area is 250 Å². The molecule has 2 fully saturated rings. The highest BCUT2D eigenvalue weighted by atomic mass is 35.5. The number of aromatic nitrogens is 1. The normalized spacial score (nSPS) is 19.0. The second kappa shape index (κ2) is 15.1. The van der Waals surface area contributed by atoms with E-state index in [-0.39, 0.29) is 18.2 Å². The lowest BCUT2D eigenvalue weighted by atomic mass is 9.99. The second-order valence-corrected chi connectivity index (χ2v) is 12.3. The molecule has 2 aromatic rings. The molecule has 2 saturated heterocycles. The van der Waals surface area contributed by atoms with Gasteiger partial charge in [-0.05, 0) is 55.1 Å². The first-order valence-electron chi connectivity index (χ1n) is 14.9. The molecule has 0 bridgehead atoms. The standard InChI is InChI=1S/C31H46ClN7O2/c1-23(2)22-39(38-17-15-36(3)16-18-38)27-10-13-37(14-11-27)31(41)29(19-24-6-8-26(32)9-7-24)35-30(40)20-28(33)25-5-4-12-34-21-25/h4-9,12,21,23,27-29H,10-11,13-20,22,33H2,1-3H3,(H,35,40)/t28-,29+/m0/s1. The number of hydrogen-bond donors (Lipinski definition) is 2. The molecule has 4 rings (SSSR count). The molecule has 9 nitrogen and oxygen atoms in total. The van der Waals surface area contributed by atoms with Crippen LogP contribution in [0, 0.1) is 5.92 Å². The molecule has 1 aromatic carbocycles. The van der Waals surface area contributed by atoms with Crippen molar-refractivity contribution in [2.24, 2.45) is 11.7 Å². The van der Waals surface area contributed by atoms with Crippen LogP contribution in [0.25, 0.3) is 0 Å². The van der Waals surface area contributed by atoms with Gasteiger partial charge in [-0.3, -0.25) is 14.6 Å². The number of likely N-dealkylation sites (N-methyl/N-ethyl adjacent to an activating group) is 1. The summed E-state index contributed by atoms with van der Waals surface area (Å²) in [7, 11) is 2.18. The first kappa shape index (κ1) is 31.4. The van der Waals surface area contributed by atoms with Crippen LogP contribution in [0.2, 0.25) is 5.02 Å². The van der Waals surface area contributed by atoms with Gasteiger partial charge in [0.2, 0.25) is 11.8 Å². The van der Waals surface area contributed by atoms with Crippen LogP contribution < -0.4 is 11.1 Å². The number of nitrogens with two attached hydrogens (primary N) is 1. The van der Waals surface area contributed by atoms with E-state index in [4.69, 9.17) is 17.3 Å². The topological polar surface area (TPSA) is 98.0 Å². The Hall–Kier alpha value is -2.56. The van der Waals surface area contributed by atoms with E-state index in [0.29, 0.717) is 36.5 Å². The van der Waals surface area contributed by atoms with Gasteiger partial charge in [-0.15, -0.1) is 0 Å². The Morgan fingerprint density at radius 2 is 1.76 bits per heavy atom. The van der Waals surface area contributed by atoms with E-state index < -0.39 is 12.1 Å². The number of hydrazine groups is 1. The lowest BCUT2D eigenvalue weighted by molar-refractivity contribution is -0.140. The minimum absolute atomic E-state index is 0.0447. The molecular formula is C31H46ClN7O2. The molecule has 10 heteroatoms. The Kier molecular flexibility index (Phi) is 11.5. The van der Waals surface area contributed by atoms with Gasteiger partial charge in [0.15, 0.2) is 0 Å². The van der Waals surface area contributed by atoms with Crippen LogP contribution in [0.3, 0.4) is 0 Å². The Balaban J connectivity index is 1.41. The zero-order valence-corrected chi connectivity index (χ0v) is 25.5. The molecule has 1 aromatic heterocycles. The molecule has 41 heavy (non-hydrogen) atoms. The van der Waals surface area contributed by atoms with Gasteiger partial charge in [-0.25, -0.2) is 10.0 Å². The number of benzene rings is 1. The van der Waals surface area contributed by atoms with Crippen molar-refractivity contribution in [3.8, 4) is 0 Å². The van der Waals surface area contributed by atoms with Crippen LogP contribution in [-0.2, 0) is 16.0 Å². The largest absolute Gasteiger partial charge is 0.344 e. The SMILES string of the molecule is CC(C)CN(C1CCN(C(=O)[C@@H](Cc2ccc(Cl)cc2)NC(=O)C[C@H](N)c2cccnc2)CC1)N1CCN(C)CC1. The maximum absolute atomic E-state index is 13.9. The number of halogens is 1. The summed E-state index contributed by atoms with van der Waals surface area (Å²) in [4.78, 5) is 35.4. The van der Waals surface area contributed by atoms with E-state index in [1.807, 2.05) is 35.2 Å². The van der Waals surface area contributed by atoms with Crippen LogP contribution in [0.1, 0.15) is 50.3 Å². The van der Waals surface area contributed by atoms with Crippen molar-refractivity contribution in [1.29, 1.82) is 0 Å². The second-order valence-electron chi connectivity index (χ2n) is 11.9. The molecule has 0 radical (unpaired) electrons. The van der Waals surface area contributed by atoms with Crippen molar-refractivity contribution in [3.05, 3.63) is 64.9 Å². The maximum Gasteiger partial charge on any atom is 0.245 e. The summed E-state index contributed by atoms with van der Waals surface area (Å²) in [5, 5.41) is 8.74. The number of nitrogens with one attached hydrogen (secondary N) is 1. The van der Waals surface area contributed by atoms with Crippen molar-refractivity contribution in [3.63, 3.8) is 0 Å². The lowest BCUT2D eigenvalue weighted by Gasteiger charge is -2.47. The van der Waals surface area contributed by atoms with Gasteiger partial charge < -0.3 is 20.9 Å². The fourth-order valence-corrected chi connectivity index (χ4v) is 5.88. The predicted molar refractivity (Wildman–Crippen MR) is 163 cm³/mol. The van der Waals surface area contributed by atoms with Crippen molar-refractivity contribution in [2.75, 3.05) is 52.9 Å². The summed E-state index contributed by atoms with van der Waals surface area (Å²) in [5.74, 6) is 0.268. The summed E-state index contributed by atoms with van der Waals surface area (Å²) in [5.41, 5.74) is 8.02. The van der Waals surface area contributed by atoms with Crippen LogP contribution in [0.4, 0.5) is 0 Å². The van der Waals surface area contributed by atoms with Gasteiger partial charge in [0.1, 0.15) is 6.04 Å². The number of nitrogens with zero attached hydrogens (tertiary/aromatic N) is 5. The molecule has 2 aliphatic heterocycles. The van der Waals surface area contributed by atoms with Crippen LogP contribution in [-0.4, -0.2) is 102 Å². The fraction of sp³-hybridized carbons (Fsp3) is 0.581. The van der Waals surface area contributed by atoms with Crippen molar-refractivity contribution < 1.29 is 9.59 Å². The number of carbonyl (C=O) groups is 2. The highest BCUT2D eigenvalue weighted by molar-refractivity contribution is 6.30. The Bertz CT molecular complexity index is 1100. The zero-order chi connectivity index (χ0) is 29.4. The number of likely N-dealkylation sites (tertiary alicyclic amines) is 1. The molecule has 3 heterocycles. The lowest BCUT2D eigenvalue weighted by Crippen LogP contribution is -2.60. The average Bonchev–Trinajstić information content (AvgIpc) is 2.97. The number of carbonyl (C=O) groups excluding carboxylic acids is 2. The first-order chi connectivity index (χ1) is 19.7. The summed E-state index contributed by atoms with van der Waals surface area (Å²) in [6.45, 7) is 11.1. The third-order valence-corrected chi connectivity index (χ3v) is 8.35. The van der Waals surface area contributed by atoms with Crippen molar-refractivity contribution in [1.82, 2.24) is 30.1 Å². The van der Waals surface area contributed by atoms with Crippen molar-refractivity contribution in [2.45, 2.75) is 57.7 Å². The fourth-order valence-electron chi connectivity index (χ4n) is 5.75. The number of rotatable bonds is 11. The van der Waals surface area contributed by atoms with Gasteiger partial charge in [-0.2, -0.15) is 0 Å². The minimum atomic E-state index is -0.675. The molecule has 2 aliphatic rings. The van der Waals surface area contributed by atoms with Gasteiger partial charge in [0, 0.05) is 88.2 Å². The quantitative estimate of drug-likeness (QED) is 0.420. The van der Waals surface area contributed by atoms with E-state index in [0.717, 1.165) is 56.7 Å². The average molecular weight is 584 g/mol. The maximum atomic E-state index is 13.9. The van der Waals surface area contributed by atoms with E-state index in [9.17, 15) is 9.59 Å². The minimum Gasteiger partial charge on any atom is -0.344 e. The van der Waals surface area contributed by atoms with Crippen molar-refractivity contribution >= 4 is 23.4 Å². The third kappa shape index (κ3) is 9.21. The van der Waals surface area contributed by atoms with E-state index in [2.05, 4.69) is 46.1 Å². The highest BCUT2D eigenvalue weighted by Crippen LogP contribution is 2.23. The molecule has 0 aliphatic carbocycles. The molecule has 224 valence electrons. The third-order valence-electron chi connectivity index (χ3n) is 8.10. The summed E-state index contributed by atoms with van der Waals surface area (Å²) in [6.07, 6.45) is 5.64. The van der Waals surface area contributed by atoms with Gasteiger partial charge in [0.05, 0.1) is 0 Å². The molecular weight excluding hydrogens is 538 g/mol. The summed E-state index contributed by atoms with van der Waals surface area (Å²) < 4.78 is 0. The smallest absolute Gasteiger partial charge is 0.245 e. The molecule has 2 atom stereocenters. The molecule has 0 unspecified atom stereocenters.